The predicted octanol–water partition coefficient (Wildman–Crippen LogP) is 4.09. The molecule has 0 aliphatic carbocycles. The molecule has 0 aliphatic heterocycles. The monoisotopic (exact) mass is 307 g/mol. The number of ether oxygens (including phenoxy) is 1. The van der Waals surface area contributed by atoms with Gasteiger partial charge in [0, 0.05) is 24.2 Å². The molecule has 2 aromatic rings. The molecule has 1 aromatic carbocycles. The summed E-state index contributed by atoms with van der Waals surface area (Å²) in [6.45, 7) is 5.99. The molecule has 114 valence electrons. The predicted molar refractivity (Wildman–Crippen MR) is 86.0 cm³/mol. The van der Waals surface area contributed by atoms with Crippen molar-refractivity contribution in [2.24, 2.45) is 5.92 Å². The van der Waals surface area contributed by atoms with Crippen molar-refractivity contribution in [2.45, 2.75) is 33.4 Å². The summed E-state index contributed by atoms with van der Waals surface area (Å²) in [5, 5.41) is 8.40. The van der Waals surface area contributed by atoms with Gasteiger partial charge in [-0.25, -0.2) is 4.68 Å². The maximum Gasteiger partial charge on any atom is 0.218 e. The Kier molecular flexibility index (Phi) is 5.65. The highest BCUT2D eigenvalue weighted by molar-refractivity contribution is 6.30. The van der Waals surface area contributed by atoms with Crippen LogP contribution in [0.15, 0.2) is 30.3 Å². The number of benzene rings is 1. The first kappa shape index (κ1) is 15.9. The van der Waals surface area contributed by atoms with Crippen LogP contribution < -0.4 is 10.1 Å². The normalized spacial score (nSPS) is 11.1. The standard InChI is InChI=1S/C16H22ClN3O/c1-12(2)8-9-20-16(10-14(19-20)11-18-3)21-15-6-4-13(17)5-7-15/h4-7,10,12,18H,8-9,11H2,1-3H3. The molecule has 0 saturated heterocycles. The highest BCUT2D eigenvalue weighted by Gasteiger charge is 2.10. The molecule has 1 heterocycles. The van der Waals surface area contributed by atoms with Crippen LogP contribution in [0.5, 0.6) is 11.6 Å². The highest BCUT2D eigenvalue weighted by Crippen LogP contribution is 2.24. The Morgan fingerprint density at radius 1 is 1.29 bits per heavy atom. The van der Waals surface area contributed by atoms with Crippen LogP contribution in [0.3, 0.4) is 0 Å². The van der Waals surface area contributed by atoms with Crippen LogP contribution in [-0.2, 0) is 13.1 Å². The van der Waals surface area contributed by atoms with Gasteiger partial charge < -0.3 is 10.1 Å². The van der Waals surface area contributed by atoms with E-state index < -0.39 is 0 Å². The molecule has 21 heavy (non-hydrogen) atoms. The van der Waals surface area contributed by atoms with E-state index in [2.05, 4.69) is 24.3 Å². The fraction of sp³-hybridized carbons (Fsp3) is 0.438. The Labute approximate surface area is 131 Å². The van der Waals surface area contributed by atoms with Gasteiger partial charge in [-0.15, -0.1) is 0 Å². The van der Waals surface area contributed by atoms with Crippen molar-refractivity contribution in [3.63, 3.8) is 0 Å². The SMILES string of the molecule is CNCc1cc(Oc2ccc(Cl)cc2)n(CCC(C)C)n1. The fourth-order valence-electron chi connectivity index (χ4n) is 1.96. The average molecular weight is 308 g/mol. The Morgan fingerprint density at radius 2 is 2.00 bits per heavy atom. The van der Waals surface area contributed by atoms with Crippen LogP contribution in [0.4, 0.5) is 0 Å². The summed E-state index contributed by atoms with van der Waals surface area (Å²) in [6.07, 6.45) is 1.07. The van der Waals surface area contributed by atoms with Crippen molar-refractivity contribution in [1.82, 2.24) is 15.1 Å². The van der Waals surface area contributed by atoms with Crippen molar-refractivity contribution >= 4 is 11.6 Å². The second kappa shape index (κ2) is 7.48. The van der Waals surface area contributed by atoms with Crippen LogP contribution in [0.1, 0.15) is 26.0 Å². The Bertz CT molecular complexity index is 563. The molecule has 0 bridgehead atoms. The summed E-state index contributed by atoms with van der Waals surface area (Å²) in [5.41, 5.74) is 0.977. The van der Waals surface area contributed by atoms with Gasteiger partial charge in [-0.05, 0) is 43.7 Å². The molecule has 4 nitrogen and oxygen atoms in total. The molecular formula is C16H22ClN3O. The zero-order valence-electron chi connectivity index (χ0n) is 12.8. The van der Waals surface area contributed by atoms with Gasteiger partial charge in [0.1, 0.15) is 5.75 Å². The lowest BCUT2D eigenvalue weighted by Crippen LogP contribution is -2.08. The second-order valence-corrected chi connectivity index (χ2v) is 5.90. The lowest BCUT2D eigenvalue weighted by atomic mass is 10.1. The van der Waals surface area contributed by atoms with E-state index in [0.717, 1.165) is 36.8 Å². The van der Waals surface area contributed by atoms with Crippen LogP contribution in [0, 0.1) is 5.92 Å². The minimum Gasteiger partial charge on any atom is -0.439 e. The van der Waals surface area contributed by atoms with Crippen molar-refractivity contribution in [3.8, 4) is 11.6 Å². The smallest absolute Gasteiger partial charge is 0.218 e. The summed E-state index contributed by atoms with van der Waals surface area (Å²) in [6, 6.07) is 9.34. The lowest BCUT2D eigenvalue weighted by Gasteiger charge is -2.10. The molecule has 0 unspecified atom stereocenters. The molecule has 0 atom stereocenters. The van der Waals surface area contributed by atoms with Crippen LogP contribution in [0.25, 0.3) is 0 Å². The molecule has 0 radical (unpaired) electrons. The van der Waals surface area contributed by atoms with E-state index in [1.54, 1.807) is 0 Å². The lowest BCUT2D eigenvalue weighted by molar-refractivity contribution is 0.390. The van der Waals surface area contributed by atoms with E-state index in [0.29, 0.717) is 10.9 Å². The van der Waals surface area contributed by atoms with Gasteiger partial charge in [0.2, 0.25) is 5.88 Å². The summed E-state index contributed by atoms with van der Waals surface area (Å²) in [5.74, 6) is 2.16. The second-order valence-electron chi connectivity index (χ2n) is 5.47. The van der Waals surface area contributed by atoms with Gasteiger partial charge in [-0.1, -0.05) is 25.4 Å². The van der Waals surface area contributed by atoms with E-state index in [1.165, 1.54) is 0 Å². The molecule has 1 aromatic heterocycles. The molecule has 0 saturated carbocycles. The van der Waals surface area contributed by atoms with Gasteiger partial charge in [-0.2, -0.15) is 5.10 Å². The number of aryl methyl sites for hydroxylation is 1. The number of aromatic nitrogens is 2. The number of halogens is 1. The molecular weight excluding hydrogens is 286 g/mol. The van der Waals surface area contributed by atoms with Gasteiger partial charge in [-0.3, -0.25) is 0 Å². The van der Waals surface area contributed by atoms with E-state index in [1.807, 2.05) is 42.1 Å². The molecule has 0 spiro atoms. The number of rotatable bonds is 7. The van der Waals surface area contributed by atoms with Crippen molar-refractivity contribution in [3.05, 3.63) is 41.0 Å². The van der Waals surface area contributed by atoms with Gasteiger partial charge in [0.15, 0.2) is 0 Å². The first-order chi connectivity index (χ1) is 10.1. The molecule has 2 rings (SSSR count). The number of hydrogen-bond donors (Lipinski definition) is 1. The minimum atomic E-state index is 0.630. The van der Waals surface area contributed by atoms with Gasteiger partial charge >= 0.3 is 0 Å². The zero-order chi connectivity index (χ0) is 15.2. The third kappa shape index (κ3) is 4.76. The van der Waals surface area contributed by atoms with E-state index in [9.17, 15) is 0 Å². The van der Waals surface area contributed by atoms with Crippen LogP contribution in [-0.4, -0.2) is 16.8 Å². The Balaban J connectivity index is 2.16. The number of nitrogens with one attached hydrogen (secondary N) is 1. The molecule has 0 aliphatic rings. The van der Waals surface area contributed by atoms with Crippen LogP contribution >= 0.6 is 11.6 Å². The summed E-state index contributed by atoms with van der Waals surface area (Å²) < 4.78 is 7.87. The molecule has 0 fully saturated rings. The fourth-order valence-corrected chi connectivity index (χ4v) is 2.09. The Morgan fingerprint density at radius 3 is 2.62 bits per heavy atom. The Hall–Kier alpha value is -1.52. The van der Waals surface area contributed by atoms with Crippen molar-refractivity contribution < 1.29 is 4.74 Å². The maximum absolute atomic E-state index is 5.94. The van der Waals surface area contributed by atoms with Crippen LogP contribution in [0.2, 0.25) is 5.02 Å². The van der Waals surface area contributed by atoms with E-state index >= 15 is 0 Å². The molecule has 0 amide bonds. The topological polar surface area (TPSA) is 39.1 Å². The number of hydrogen-bond acceptors (Lipinski definition) is 3. The highest BCUT2D eigenvalue weighted by atomic mass is 35.5. The van der Waals surface area contributed by atoms with Crippen molar-refractivity contribution in [1.29, 1.82) is 0 Å². The minimum absolute atomic E-state index is 0.630. The number of nitrogens with zero attached hydrogens (tertiary/aromatic N) is 2. The largest absolute Gasteiger partial charge is 0.439 e. The first-order valence-electron chi connectivity index (χ1n) is 7.23. The molecule has 1 N–H and O–H groups in total. The summed E-state index contributed by atoms with van der Waals surface area (Å²) in [7, 11) is 1.91. The van der Waals surface area contributed by atoms with E-state index in [-0.39, 0.29) is 0 Å². The van der Waals surface area contributed by atoms with E-state index in [4.69, 9.17) is 16.3 Å². The van der Waals surface area contributed by atoms with Gasteiger partial charge in [0.25, 0.3) is 0 Å². The molecule has 5 heteroatoms. The summed E-state index contributed by atoms with van der Waals surface area (Å²) in [4.78, 5) is 0. The third-order valence-electron chi connectivity index (χ3n) is 3.11. The first-order valence-corrected chi connectivity index (χ1v) is 7.61. The maximum atomic E-state index is 5.94. The summed E-state index contributed by atoms with van der Waals surface area (Å²) >= 11 is 5.89. The van der Waals surface area contributed by atoms with Gasteiger partial charge in [0.05, 0.1) is 5.69 Å². The third-order valence-corrected chi connectivity index (χ3v) is 3.36. The van der Waals surface area contributed by atoms with Crippen molar-refractivity contribution in [2.75, 3.05) is 7.05 Å². The zero-order valence-corrected chi connectivity index (χ0v) is 13.5. The quantitative estimate of drug-likeness (QED) is 0.837. The average Bonchev–Trinajstić information content (AvgIpc) is 2.81.